The topological polar surface area (TPSA) is 93.5 Å². The lowest BCUT2D eigenvalue weighted by Gasteiger charge is -2.00. The molecule has 0 aromatic carbocycles. The van der Waals surface area contributed by atoms with Crippen molar-refractivity contribution in [3.05, 3.63) is 18.5 Å². The van der Waals surface area contributed by atoms with Gasteiger partial charge in [-0.2, -0.15) is 9.36 Å². The van der Waals surface area contributed by atoms with E-state index in [2.05, 4.69) is 26.2 Å². The molecule has 0 saturated heterocycles. The lowest BCUT2D eigenvalue weighted by Crippen LogP contribution is -2.12. The van der Waals surface area contributed by atoms with Crippen molar-refractivity contribution in [1.29, 1.82) is 0 Å². The van der Waals surface area contributed by atoms with Gasteiger partial charge in [-0.25, -0.2) is 0 Å². The Bertz CT molecular complexity index is 558. The van der Waals surface area contributed by atoms with E-state index in [4.69, 9.17) is 38.9 Å². The second-order valence-electron chi connectivity index (χ2n) is 2.80. The van der Waals surface area contributed by atoms with Crippen LogP contribution in [0.25, 0.3) is 0 Å². The van der Waals surface area contributed by atoms with E-state index in [0.29, 0.717) is 0 Å². The number of aromatic nitrogens is 2. The highest BCUT2D eigenvalue weighted by Crippen LogP contribution is 2.55. The predicted molar refractivity (Wildman–Crippen MR) is 76.4 cm³/mol. The second kappa shape index (κ2) is 7.21. The molecule has 1 rings (SSSR count). The fourth-order valence-corrected chi connectivity index (χ4v) is 2.94. The van der Waals surface area contributed by atoms with E-state index in [-0.39, 0.29) is 23.3 Å². The summed E-state index contributed by atoms with van der Waals surface area (Å²) >= 11 is 16.7. The van der Waals surface area contributed by atoms with Crippen LogP contribution in [0.1, 0.15) is 5.82 Å². The molecular weight excluding hydrogens is 358 g/mol. The van der Waals surface area contributed by atoms with Crippen molar-refractivity contribution in [1.82, 2.24) is 9.36 Å². The molecule has 1 aromatic rings. The molecule has 0 fully saturated rings. The van der Waals surface area contributed by atoms with Gasteiger partial charge < -0.3 is 4.84 Å². The van der Waals surface area contributed by atoms with Gasteiger partial charge in [-0.05, 0) is 34.1 Å². The van der Waals surface area contributed by atoms with Gasteiger partial charge in [-0.15, -0.1) is 0 Å². The third kappa shape index (κ3) is 5.88. The molecule has 1 heterocycles. The van der Waals surface area contributed by atoms with Crippen molar-refractivity contribution in [3.8, 4) is 0 Å². The smallest absolute Gasteiger partial charge is 0.345 e. The number of halogens is 3. The standard InChI is InChI=1S/C7H6Cl3N4O3PS/c1-2-3-17-12-4(5(8)15)6-11-7(19-14-6)13-18(9,10)16/h2H,1,3H2,(H,11,13,14,16). The summed E-state index contributed by atoms with van der Waals surface area (Å²) in [6, 6.07) is 0. The van der Waals surface area contributed by atoms with Crippen LogP contribution in [0.2, 0.25) is 0 Å². The summed E-state index contributed by atoms with van der Waals surface area (Å²) < 4.78 is 14.9. The zero-order valence-corrected chi connectivity index (χ0v) is 13.0. The van der Waals surface area contributed by atoms with E-state index in [1.165, 1.54) is 6.08 Å². The molecule has 1 aromatic heterocycles. The first-order valence-electron chi connectivity index (χ1n) is 4.46. The average molecular weight is 364 g/mol. The minimum atomic E-state index is -3.55. The maximum absolute atomic E-state index is 11.2. The number of carbonyl (C=O) groups is 1. The Labute approximate surface area is 126 Å². The van der Waals surface area contributed by atoms with E-state index in [1.807, 2.05) is 0 Å². The van der Waals surface area contributed by atoms with Gasteiger partial charge in [0.2, 0.25) is 16.7 Å². The third-order valence-electron chi connectivity index (χ3n) is 1.40. The van der Waals surface area contributed by atoms with Gasteiger partial charge in [-0.1, -0.05) is 17.8 Å². The number of nitrogens with zero attached hydrogens (tertiary/aromatic N) is 3. The van der Waals surface area contributed by atoms with Crippen LogP contribution in [0.4, 0.5) is 5.13 Å². The van der Waals surface area contributed by atoms with Crippen molar-refractivity contribution in [2.45, 2.75) is 0 Å². The highest BCUT2D eigenvalue weighted by Gasteiger charge is 2.21. The summed E-state index contributed by atoms with van der Waals surface area (Å²) in [6.07, 6.45) is 1.43. The Morgan fingerprint density at radius 3 is 2.84 bits per heavy atom. The zero-order valence-electron chi connectivity index (χ0n) is 9.05. The number of rotatable bonds is 7. The summed E-state index contributed by atoms with van der Waals surface area (Å²) in [6.45, 7) is 3.49. The molecular formula is C7H6Cl3N4O3PS. The normalized spacial score (nSPS) is 12.1. The molecule has 0 aliphatic heterocycles. The van der Waals surface area contributed by atoms with Crippen molar-refractivity contribution >= 4 is 67.7 Å². The highest BCUT2D eigenvalue weighted by atomic mass is 35.9. The number of anilines is 1. The summed E-state index contributed by atoms with van der Waals surface area (Å²) in [5, 5.41) is 4.85. The van der Waals surface area contributed by atoms with Gasteiger partial charge >= 0.3 is 6.00 Å². The van der Waals surface area contributed by atoms with Crippen LogP contribution in [0.3, 0.4) is 0 Å². The summed E-state index contributed by atoms with van der Waals surface area (Å²) in [5.41, 5.74) is -0.299. The van der Waals surface area contributed by atoms with E-state index in [1.54, 1.807) is 0 Å². The molecule has 0 bridgehead atoms. The predicted octanol–water partition coefficient (Wildman–Crippen LogP) is 3.21. The summed E-state index contributed by atoms with van der Waals surface area (Å²) in [4.78, 5) is 19.7. The number of hydrogen-bond donors (Lipinski definition) is 1. The van der Waals surface area contributed by atoms with Gasteiger partial charge in [0.05, 0.1) is 0 Å². The second-order valence-corrected chi connectivity index (χ2v) is 8.41. The zero-order chi connectivity index (χ0) is 14.5. The van der Waals surface area contributed by atoms with E-state index in [9.17, 15) is 9.36 Å². The maximum Gasteiger partial charge on any atom is 0.345 e. The molecule has 0 radical (unpaired) electrons. The van der Waals surface area contributed by atoms with E-state index in [0.717, 1.165) is 11.5 Å². The molecule has 0 amide bonds. The highest BCUT2D eigenvalue weighted by molar-refractivity contribution is 8.09. The van der Waals surface area contributed by atoms with Crippen LogP contribution in [-0.2, 0) is 14.2 Å². The van der Waals surface area contributed by atoms with Crippen molar-refractivity contribution < 1.29 is 14.2 Å². The summed E-state index contributed by atoms with van der Waals surface area (Å²) in [5.74, 6) is -3.65. The summed E-state index contributed by atoms with van der Waals surface area (Å²) in [7, 11) is 0. The van der Waals surface area contributed by atoms with Crippen LogP contribution in [0, 0.1) is 0 Å². The monoisotopic (exact) mass is 362 g/mol. The van der Waals surface area contributed by atoms with Gasteiger partial charge in [0, 0.05) is 11.5 Å². The van der Waals surface area contributed by atoms with Crippen LogP contribution in [0.15, 0.2) is 17.8 Å². The largest absolute Gasteiger partial charge is 0.391 e. The van der Waals surface area contributed by atoms with E-state index < -0.39 is 11.2 Å². The first kappa shape index (κ1) is 16.4. The SMILES string of the molecule is C=CCON=C(C(=O)Cl)c1nsc(NP(=O)(Cl)Cl)n1. The van der Waals surface area contributed by atoms with Crippen molar-refractivity contribution in [2.75, 3.05) is 11.7 Å². The number of carbonyl (C=O) groups excluding carboxylic acids is 1. The molecule has 0 aliphatic rings. The molecule has 0 aliphatic carbocycles. The molecule has 1 N–H and O–H groups in total. The lowest BCUT2D eigenvalue weighted by atomic mass is 10.4. The lowest BCUT2D eigenvalue weighted by molar-refractivity contribution is -0.106. The van der Waals surface area contributed by atoms with Gasteiger partial charge in [0.15, 0.2) is 0 Å². The Morgan fingerprint density at radius 1 is 1.63 bits per heavy atom. The fourth-order valence-electron chi connectivity index (χ4n) is 0.796. The Hall–Kier alpha value is -0.660. The fraction of sp³-hybridized carbons (Fsp3) is 0.143. The van der Waals surface area contributed by atoms with Gasteiger partial charge in [-0.3, -0.25) is 14.4 Å². The van der Waals surface area contributed by atoms with Crippen LogP contribution >= 0.6 is 51.6 Å². The Morgan fingerprint density at radius 2 is 2.32 bits per heavy atom. The molecule has 19 heavy (non-hydrogen) atoms. The molecule has 0 spiro atoms. The maximum atomic E-state index is 11.2. The van der Waals surface area contributed by atoms with Gasteiger partial charge in [0.1, 0.15) is 6.61 Å². The number of nitrogens with one attached hydrogen (secondary N) is 1. The first-order valence-corrected chi connectivity index (χ1v) is 9.12. The third-order valence-corrected chi connectivity index (χ3v) is 3.34. The quantitative estimate of drug-likeness (QED) is 0.200. The number of oxime groups is 1. The van der Waals surface area contributed by atoms with Crippen LogP contribution in [-0.4, -0.2) is 26.9 Å². The minimum absolute atomic E-state index is 0.0534. The average Bonchev–Trinajstić information content (AvgIpc) is 2.69. The first-order chi connectivity index (χ1) is 8.83. The van der Waals surface area contributed by atoms with Gasteiger partial charge in [0.25, 0.3) is 5.24 Å². The molecule has 7 nitrogen and oxygen atoms in total. The van der Waals surface area contributed by atoms with Crippen LogP contribution in [0.5, 0.6) is 0 Å². The Kier molecular flexibility index (Phi) is 6.22. The van der Waals surface area contributed by atoms with E-state index >= 15 is 0 Å². The molecule has 0 atom stereocenters. The van der Waals surface area contributed by atoms with Crippen molar-refractivity contribution in [2.24, 2.45) is 5.16 Å². The molecule has 12 heteroatoms. The van der Waals surface area contributed by atoms with Crippen LogP contribution < -0.4 is 5.09 Å². The number of hydrogen-bond acceptors (Lipinski definition) is 7. The Balaban J connectivity index is 2.92. The molecule has 0 saturated carbocycles. The minimum Gasteiger partial charge on any atom is -0.391 e. The molecule has 104 valence electrons. The molecule has 0 unspecified atom stereocenters. The van der Waals surface area contributed by atoms with Crippen molar-refractivity contribution in [3.63, 3.8) is 0 Å².